The van der Waals surface area contributed by atoms with Crippen LogP contribution in [0.5, 0.6) is 0 Å². The summed E-state index contributed by atoms with van der Waals surface area (Å²) in [5.41, 5.74) is 2.97. The molecular weight excluding hydrogens is 364 g/mol. The molecule has 1 amide bonds. The summed E-state index contributed by atoms with van der Waals surface area (Å²) >= 11 is 3.58. The zero-order chi connectivity index (χ0) is 17.4. The van der Waals surface area contributed by atoms with Gasteiger partial charge in [-0.05, 0) is 43.0 Å². The van der Waals surface area contributed by atoms with E-state index in [1.807, 2.05) is 0 Å². The average Bonchev–Trinajstić information content (AvgIpc) is 2.61. The Bertz CT molecular complexity index is 526. The molecule has 0 bridgehead atoms. The van der Waals surface area contributed by atoms with E-state index in [4.69, 9.17) is 0 Å². The molecular formula is C20H31BrN2O. The molecule has 2 aliphatic rings. The number of nitrogens with one attached hydrogen (secondary N) is 1. The number of benzene rings is 1. The van der Waals surface area contributed by atoms with Gasteiger partial charge in [-0.1, -0.05) is 60.2 Å². The third-order valence-corrected chi connectivity index (χ3v) is 5.93. The Balaban J connectivity index is 0.000000174. The van der Waals surface area contributed by atoms with Crippen LogP contribution in [0.15, 0.2) is 22.7 Å². The third kappa shape index (κ3) is 6.21. The Hall–Kier alpha value is -0.870. The fraction of sp³-hybridized carbons (Fsp3) is 0.650. The molecule has 1 heterocycles. The number of carbonyl (C=O) groups is 1. The molecule has 24 heavy (non-hydrogen) atoms. The Labute approximate surface area is 155 Å². The van der Waals surface area contributed by atoms with Crippen LogP contribution in [0.4, 0.5) is 0 Å². The Morgan fingerprint density at radius 1 is 1.29 bits per heavy atom. The number of hydrogen-bond donors (Lipinski definition) is 1. The molecule has 0 atom stereocenters. The molecule has 0 unspecified atom stereocenters. The van der Waals surface area contributed by atoms with Crippen LogP contribution in [0.3, 0.4) is 0 Å². The molecule has 1 aromatic rings. The van der Waals surface area contributed by atoms with Gasteiger partial charge in [0.05, 0.1) is 0 Å². The van der Waals surface area contributed by atoms with Gasteiger partial charge in [-0.2, -0.15) is 0 Å². The summed E-state index contributed by atoms with van der Waals surface area (Å²) in [6, 6.07) is 6.46. The second-order valence-electron chi connectivity index (χ2n) is 7.08. The van der Waals surface area contributed by atoms with Crippen LogP contribution in [0.1, 0.15) is 56.1 Å². The van der Waals surface area contributed by atoms with Gasteiger partial charge in [0, 0.05) is 31.0 Å². The lowest BCUT2D eigenvalue weighted by Crippen LogP contribution is -2.26. The molecule has 1 fully saturated rings. The summed E-state index contributed by atoms with van der Waals surface area (Å²) in [4.78, 5) is 13.3. The third-order valence-electron chi connectivity index (χ3n) is 5.18. The number of hydrogen-bond acceptors (Lipinski definition) is 2. The summed E-state index contributed by atoms with van der Waals surface area (Å²) in [5, 5.41) is 2.67. The number of nitrogens with zero attached hydrogens (tertiary/aromatic N) is 1. The van der Waals surface area contributed by atoms with Crippen molar-refractivity contribution < 1.29 is 4.79 Å². The number of amides is 1. The first-order valence-electron chi connectivity index (χ1n) is 9.25. The molecule has 134 valence electrons. The van der Waals surface area contributed by atoms with E-state index in [1.165, 1.54) is 60.7 Å². The fourth-order valence-corrected chi connectivity index (χ4v) is 4.25. The van der Waals surface area contributed by atoms with E-state index in [2.05, 4.69) is 51.4 Å². The van der Waals surface area contributed by atoms with Crippen molar-refractivity contribution in [1.82, 2.24) is 10.2 Å². The van der Waals surface area contributed by atoms with E-state index < -0.39 is 0 Å². The molecule has 0 saturated heterocycles. The van der Waals surface area contributed by atoms with Gasteiger partial charge in [-0.15, -0.1) is 0 Å². The van der Waals surface area contributed by atoms with Gasteiger partial charge in [-0.25, -0.2) is 0 Å². The highest BCUT2D eigenvalue weighted by atomic mass is 79.9. The van der Waals surface area contributed by atoms with Crippen LogP contribution in [0, 0.1) is 5.92 Å². The summed E-state index contributed by atoms with van der Waals surface area (Å²) in [6.45, 7) is 2.27. The summed E-state index contributed by atoms with van der Waals surface area (Å²) in [5.74, 6) is 1.02. The largest absolute Gasteiger partial charge is 0.359 e. The van der Waals surface area contributed by atoms with Crippen molar-refractivity contribution in [2.45, 2.75) is 57.9 Å². The Morgan fingerprint density at radius 2 is 2.04 bits per heavy atom. The maximum atomic E-state index is 10.9. The summed E-state index contributed by atoms with van der Waals surface area (Å²) in [6.07, 6.45) is 9.83. The predicted molar refractivity (Wildman–Crippen MR) is 104 cm³/mol. The predicted octanol–water partition coefficient (Wildman–Crippen LogP) is 4.53. The maximum absolute atomic E-state index is 10.9. The first kappa shape index (κ1) is 19.5. The van der Waals surface area contributed by atoms with Crippen molar-refractivity contribution in [2.75, 3.05) is 20.6 Å². The van der Waals surface area contributed by atoms with Crippen LogP contribution in [0.25, 0.3) is 0 Å². The van der Waals surface area contributed by atoms with Crippen LogP contribution in [-0.4, -0.2) is 31.4 Å². The van der Waals surface area contributed by atoms with E-state index in [0.29, 0.717) is 0 Å². The minimum Gasteiger partial charge on any atom is -0.359 e. The van der Waals surface area contributed by atoms with Crippen molar-refractivity contribution in [3.63, 3.8) is 0 Å². The molecule has 1 saturated carbocycles. The average molecular weight is 395 g/mol. The quantitative estimate of drug-likeness (QED) is 0.816. The lowest BCUT2D eigenvalue weighted by molar-refractivity contribution is -0.120. The van der Waals surface area contributed by atoms with Gasteiger partial charge in [0.15, 0.2) is 0 Å². The molecule has 0 spiro atoms. The molecule has 3 rings (SSSR count). The highest BCUT2D eigenvalue weighted by Gasteiger charge is 2.15. The molecule has 1 aliphatic heterocycles. The topological polar surface area (TPSA) is 32.3 Å². The van der Waals surface area contributed by atoms with E-state index in [1.54, 1.807) is 7.05 Å². The van der Waals surface area contributed by atoms with E-state index in [0.717, 1.165) is 25.3 Å². The zero-order valence-electron chi connectivity index (χ0n) is 15.1. The minimum absolute atomic E-state index is 0.195. The number of carbonyl (C=O) groups excluding carboxylic acids is 1. The molecule has 3 nitrogen and oxygen atoms in total. The minimum atomic E-state index is 0.195. The smallest absolute Gasteiger partial charge is 0.219 e. The monoisotopic (exact) mass is 394 g/mol. The molecule has 0 radical (unpaired) electrons. The highest BCUT2D eigenvalue weighted by Crippen LogP contribution is 2.27. The van der Waals surface area contributed by atoms with Crippen LogP contribution in [-0.2, 0) is 17.8 Å². The molecule has 0 aromatic heterocycles. The van der Waals surface area contributed by atoms with Crippen LogP contribution in [0.2, 0.25) is 0 Å². The van der Waals surface area contributed by atoms with Gasteiger partial charge < -0.3 is 10.2 Å². The van der Waals surface area contributed by atoms with Gasteiger partial charge in [0.1, 0.15) is 0 Å². The van der Waals surface area contributed by atoms with E-state index in [9.17, 15) is 4.79 Å². The van der Waals surface area contributed by atoms with Crippen molar-refractivity contribution in [1.29, 1.82) is 0 Å². The standard InChI is InChI=1S/C10H12BrN.C10H19NO/c1-12-6-5-9-8(7-12)3-2-4-10(9)11;1-11-10(12)8-7-9-5-3-2-4-6-9/h2-4H,5-7H2,1H3;9H,2-8H2,1H3,(H,11,12). The van der Waals surface area contributed by atoms with E-state index >= 15 is 0 Å². The zero-order valence-corrected chi connectivity index (χ0v) is 16.7. The normalized spacial score (nSPS) is 18.3. The van der Waals surface area contributed by atoms with Crippen molar-refractivity contribution in [3.8, 4) is 0 Å². The van der Waals surface area contributed by atoms with Crippen molar-refractivity contribution >= 4 is 21.8 Å². The lowest BCUT2D eigenvalue weighted by atomic mass is 9.86. The summed E-state index contributed by atoms with van der Waals surface area (Å²) < 4.78 is 1.27. The maximum Gasteiger partial charge on any atom is 0.219 e. The molecule has 1 aliphatic carbocycles. The first-order chi connectivity index (χ1) is 11.6. The lowest BCUT2D eigenvalue weighted by Gasteiger charge is -2.25. The molecule has 1 aromatic carbocycles. The fourth-order valence-electron chi connectivity index (χ4n) is 3.64. The highest BCUT2D eigenvalue weighted by molar-refractivity contribution is 9.10. The van der Waals surface area contributed by atoms with E-state index in [-0.39, 0.29) is 5.91 Å². The van der Waals surface area contributed by atoms with Gasteiger partial charge in [0.2, 0.25) is 5.91 Å². The number of halogens is 1. The van der Waals surface area contributed by atoms with Gasteiger partial charge >= 0.3 is 0 Å². The molecule has 1 N–H and O–H groups in total. The van der Waals surface area contributed by atoms with Crippen molar-refractivity contribution in [3.05, 3.63) is 33.8 Å². The molecule has 4 heteroatoms. The van der Waals surface area contributed by atoms with Crippen molar-refractivity contribution in [2.24, 2.45) is 5.92 Å². The second kappa shape index (κ2) is 10.2. The number of fused-ring (bicyclic) bond motifs is 1. The first-order valence-corrected chi connectivity index (χ1v) is 10.0. The summed E-state index contributed by atoms with van der Waals surface area (Å²) in [7, 11) is 3.88. The number of likely N-dealkylation sites (N-methyl/N-ethyl adjacent to an activating group) is 1. The van der Waals surface area contributed by atoms with Crippen LogP contribution < -0.4 is 5.32 Å². The van der Waals surface area contributed by atoms with Crippen LogP contribution >= 0.6 is 15.9 Å². The number of rotatable bonds is 3. The van der Waals surface area contributed by atoms with Gasteiger partial charge in [-0.3, -0.25) is 4.79 Å². The second-order valence-corrected chi connectivity index (χ2v) is 7.94. The Kier molecular flexibility index (Phi) is 8.26. The SMILES string of the molecule is CN1CCc2c(Br)cccc2C1.CNC(=O)CCC1CCCCC1. The van der Waals surface area contributed by atoms with Gasteiger partial charge in [0.25, 0.3) is 0 Å². The Morgan fingerprint density at radius 3 is 2.75 bits per heavy atom.